The summed E-state index contributed by atoms with van der Waals surface area (Å²) >= 11 is 0. The van der Waals surface area contributed by atoms with Gasteiger partial charge in [-0.05, 0) is 43.9 Å². The first-order chi connectivity index (χ1) is 9.58. The third-order valence-electron chi connectivity index (χ3n) is 3.33. The van der Waals surface area contributed by atoms with Crippen molar-refractivity contribution in [3.05, 3.63) is 35.4 Å². The van der Waals surface area contributed by atoms with Crippen molar-refractivity contribution >= 4 is 0 Å². The van der Waals surface area contributed by atoms with Gasteiger partial charge in [0.2, 0.25) is 0 Å². The molecule has 1 rings (SSSR count). The average Bonchev–Trinajstić information content (AvgIpc) is 2.40. The Morgan fingerprint density at radius 1 is 1.25 bits per heavy atom. The Labute approximate surface area is 120 Å². The zero-order chi connectivity index (χ0) is 15.0. The molecule has 0 saturated carbocycles. The topological polar surface area (TPSA) is 21.3 Å². The van der Waals surface area contributed by atoms with Crippen LogP contribution in [0.15, 0.2) is 18.2 Å². The van der Waals surface area contributed by atoms with Crippen LogP contribution in [0.1, 0.15) is 32.3 Å². The SMILES string of the molecule is CCCNC(Cc1c(F)cccc1F)CC(C)COC. The third kappa shape index (κ3) is 5.55. The van der Waals surface area contributed by atoms with Crippen molar-refractivity contribution in [2.24, 2.45) is 5.92 Å². The molecule has 0 aliphatic carbocycles. The molecule has 0 saturated heterocycles. The quantitative estimate of drug-likeness (QED) is 0.749. The molecule has 0 aromatic heterocycles. The summed E-state index contributed by atoms with van der Waals surface area (Å²) in [6.45, 7) is 5.67. The van der Waals surface area contributed by atoms with Crippen LogP contribution in [0.4, 0.5) is 8.78 Å². The van der Waals surface area contributed by atoms with Gasteiger partial charge in [-0.1, -0.05) is 19.9 Å². The van der Waals surface area contributed by atoms with Crippen LogP contribution in [0.2, 0.25) is 0 Å². The minimum atomic E-state index is -0.465. The number of hydrogen-bond donors (Lipinski definition) is 1. The smallest absolute Gasteiger partial charge is 0.129 e. The molecule has 1 N–H and O–H groups in total. The van der Waals surface area contributed by atoms with Gasteiger partial charge in [0.05, 0.1) is 0 Å². The van der Waals surface area contributed by atoms with Crippen LogP contribution in [0, 0.1) is 17.6 Å². The predicted molar refractivity (Wildman–Crippen MR) is 77.8 cm³/mol. The Bertz CT molecular complexity index is 378. The van der Waals surface area contributed by atoms with Crippen molar-refractivity contribution in [1.29, 1.82) is 0 Å². The van der Waals surface area contributed by atoms with Gasteiger partial charge in [-0.2, -0.15) is 0 Å². The van der Waals surface area contributed by atoms with E-state index in [1.165, 1.54) is 18.2 Å². The fourth-order valence-electron chi connectivity index (χ4n) is 2.40. The van der Waals surface area contributed by atoms with E-state index in [0.29, 0.717) is 18.9 Å². The molecule has 1 aromatic carbocycles. The lowest BCUT2D eigenvalue weighted by molar-refractivity contribution is 0.149. The maximum atomic E-state index is 13.7. The van der Waals surface area contributed by atoms with E-state index in [0.717, 1.165) is 19.4 Å². The van der Waals surface area contributed by atoms with Gasteiger partial charge in [0.15, 0.2) is 0 Å². The monoisotopic (exact) mass is 285 g/mol. The first-order valence-electron chi connectivity index (χ1n) is 7.23. The second-order valence-corrected chi connectivity index (χ2v) is 5.35. The molecule has 2 nitrogen and oxygen atoms in total. The summed E-state index contributed by atoms with van der Waals surface area (Å²) in [6.07, 6.45) is 2.20. The normalized spacial score (nSPS) is 14.2. The minimum absolute atomic E-state index is 0.0616. The fraction of sp³-hybridized carbons (Fsp3) is 0.625. The van der Waals surface area contributed by atoms with Gasteiger partial charge in [-0.25, -0.2) is 8.78 Å². The Hall–Kier alpha value is -1.00. The summed E-state index contributed by atoms with van der Waals surface area (Å²) in [6, 6.07) is 4.09. The van der Waals surface area contributed by atoms with Gasteiger partial charge in [0.25, 0.3) is 0 Å². The molecular formula is C16H25F2NO. The number of halogens is 2. The average molecular weight is 285 g/mol. The van der Waals surface area contributed by atoms with E-state index < -0.39 is 11.6 Å². The highest BCUT2D eigenvalue weighted by Gasteiger charge is 2.17. The summed E-state index contributed by atoms with van der Waals surface area (Å²) in [5.41, 5.74) is 0.172. The molecule has 1 aromatic rings. The van der Waals surface area contributed by atoms with Crippen LogP contribution in [0.25, 0.3) is 0 Å². The number of rotatable bonds is 9. The van der Waals surface area contributed by atoms with E-state index >= 15 is 0 Å². The van der Waals surface area contributed by atoms with Crippen LogP contribution < -0.4 is 5.32 Å². The molecule has 0 aliphatic rings. The summed E-state index contributed by atoms with van der Waals surface area (Å²) in [4.78, 5) is 0. The molecule has 2 unspecified atom stereocenters. The molecule has 114 valence electrons. The first kappa shape index (κ1) is 17.1. The Balaban J connectivity index is 2.72. The van der Waals surface area contributed by atoms with Crippen molar-refractivity contribution in [3.8, 4) is 0 Å². The Kier molecular flexibility index (Phi) is 7.70. The fourth-order valence-corrected chi connectivity index (χ4v) is 2.40. The number of ether oxygens (including phenoxy) is 1. The van der Waals surface area contributed by atoms with E-state index in [9.17, 15) is 8.78 Å². The lowest BCUT2D eigenvalue weighted by Gasteiger charge is -2.22. The van der Waals surface area contributed by atoms with Crippen molar-refractivity contribution < 1.29 is 13.5 Å². The number of hydrogen-bond acceptors (Lipinski definition) is 2. The summed E-state index contributed by atoms with van der Waals surface area (Å²) in [7, 11) is 1.67. The number of nitrogens with one attached hydrogen (secondary N) is 1. The standard InChI is InChI=1S/C16H25F2NO/c1-4-8-19-13(9-12(2)11-20-3)10-14-15(17)6-5-7-16(14)18/h5-7,12-13,19H,4,8-11H2,1-3H3. The van der Waals surface area contributed by atoms with Crippen LogP contribution >= 0.6 is 0 Å². The minimum Gasteiger partial charge on any atom is -0.384 e. The van der Waals surface area contributed by atoms with E-state index in [-0.39, 0.29) is 11.6 Å². The molecule has 0 aliphatic heterocycles. The molecule has 0 heterocycles. The summed E-state index contributed by atoms with van der Waals surface area (Å²) < 4.78 is 32.6. The predicted octanol–water partition coefficient (Wildman–Crippen LogP) is 3.55. The van der Waals surface area contributed by atoms with Gasteiger partial charge >= 0.3 is 0 Å². The van der Waals surface area contributed by atoms with Crippen LogP contribution in [-0.4, -0.2) is 26.3 Å². The van der Waals surface area contributed by atoms with E-state index in [1.807, 2.05) is 0 Å². The van der Waals surface area contributed by atoms with E-state index in [4.69, 9.17) is 4.74 Å². The maximum absolute atomic E-state index is 13.7. The lowest BCUT2D eigenvalue weighted by atomic mass is 9.96. The number of methoxy groups -OCH3 is 1. The summed E-state index contributed by atoms with van der Waals surface area (Å²) in [5.74, 6) is -0.579. The molecule has 0 fully saturated rings. The molecule has 0 amide bonds. The number of benzene rings is 1. The van der Waals surface area contributed by atoms with Crippen molar-refractivity contribution in [2.45, 2.75) is 39.2 Å². The Morgan fingerprint density at radius 3 is 2.45 bits per heavy atom. The molecule has 0 radical (unpaired) electrons. The Morgan fingerprint density at radius 2 is 1.90 bits per heavy atom. The van der Waals surface area contributed by atoms with Gasteiger partial charge in [0.1, 0.15) is 11.6 Å². The molecule has 0 bridgehead atoms. The van der Waals surface area contributed by atoms with Gasteiger partial charge in [-0.15, -0.1) is 0 Å². The van der Waals surface area contributed by atoms with Crippen molar-refractivity contribution in [2.75, 3.05) is 20.3 Å². The first-order valence-corrected chi connectivity index (χ1v) is 7.23. The third-order valence-corrected chi connectivity index (χ3v) is 3.33. The second kappa shape index (κ2) is 9.03. The van der Waals surface area contributed by atoms with Gasteiger partial charge in [0, 0.05) is 25.3 Å². The molecule has 2 atom stereocenters. The molecule has 20 heavy (non-hydrogen) atoms. The molecule has 4 heteroatoms. The largest absolute Gasteiger partial charge is 0.384 e. The molecule has 0 spiro atoms. The highest BCUT2D eigenvalue weighted by atomic mass is 19.1. The van der Waals surface area contributed by atoms with E-state index in [2.05, 4.69) is 19.2 Å². The highest BCUT2D eigenvalue weighted by molar-refractivity contribution is 5.20. The van der Waals surface area contributed by atoms with Crippen molar-refractivity contribution in [1.82, 2.24) is 5.32 Å². The van der Waals surface area contributed by atoms with E-state index in [1.54, 1.807) is 7.11 Å². The van der Waals surface area contributed by atoms with Crippen LogP contribution in [-0.2, 0) is 11.2 Å². The van der Waals surface area contributed by atoms with Gasteiger partial charge < -0.3 is 10.1 Å². The second-order valence-electron chi connectivity index (χ2n) is 5.35. The lowest BCUT2D eigenvalue weighted by Crippen LogP contribution is -2.34. The van der Waals surface area contributed by atoms with Gasteiger partial charge in [-0.3, -0.25) is 0 Å². The van der Waals surface area contributed by atoms with Crippen LogP contribution in [0.5, 0.6) is 0 Å². The zero-order valence-corrected chi connectivity index (χ0v) is 12.6. The summed E-state index contributed by atoms with van der Waals surface area (Å²) in [5, 5.41) is 3.37. The highest BCUT2D eigenvalue weighted by Crippen LogP contribution is 2.17. The molecular weight excluding hydrogens is 260 g/mol. The van der Waals surface area contributed by atoms with Crippen molar-refractivity contribution in [3.63, 3.8) is 0 Å². The zero-order valence-electron chi connectivity index (χ0n) is 12.6. The maximum Gasteiger partial charge on any atom is 0.129 e. The van der Waals surface area contributed by atoms with Crippen LogP contribution in [0.3, 0.4) is 0 Å².